The molecule has 4 nitrogen and oxygen atoms in total. The van der Waals surface area contributed by atoms with Crippen molar-refractivity contribution in [3.63, 3.8) is 0 Å². The lowest BCUT2D eigenvalue weighted by atomic mass is 10.1. The first-order valence-electron chi connectivity index (χ1n) is 5.75. The zero-order valence-corrected chi connectivity index (χ0v) is 10.6. The molecule has 0 radical (unpaired) electrons. The van der Waals surface area contributed by atoms with Gasteiger partial charge in [-0.2, -0.15) is 0 Å². The molecule has 4 heteroatoms. The number of carbonyl (C=O) groups is 1. The molecule has 0 aromatic heterocycles. The molecule has 0 unspecified atom stereocenters. The molecule has 1 aromatic rings. The Morgan fingerprint density at radius 2 is 2.18 bits per heavy atom. The second kappa shape index (κ2) is 6.91. The van der Waals surface area contributed by atoms with Crippen molar-refractivity contribution < 1.29 is 9.53 Å². The van der Waals surface area contributed by atoms with Gasteiger partial charge in [0.1, 0.15) is 5.75 Å². The largest absolute Gasteiger partial charge is 0.497 e. The molecule has 94 valence electrons. The normalized spacial score (nSPS) is 11.9. The number of carbonyl (C=O) groups excluding carboxylic acids is 1. The molecule has 1 amide bonds. The average molecular weight is 236 g/mol. The summed E-state index contributed by atoms with van der Waals surface area (Å²) in [6.07, 6.45) is 0. The van der Waals surface area contributed by atoms with Gasteiger partial charge in [0.2, 0.25) is 5.91 Å². The van der Waals surface area contributed by atoms with Crippen molar-refractivity contribution in [3.05, 3.63) is 29.8 Å². The summed E-state index contributed by atoms with van der Waals surface area (Å²) in [4.78, 5) is 10.7. The van der Waals surface area contributed by atoms with Crippen LogP contribution in [0.1, 0.15) is 25.5 Å². The van der Waals surface area contributed by atoms with Crippen LogP contribution in [-0.4, -0.2) is 26.1 Å². The van der Waals surface area contributed by atoms with E-state index in [-0.39, 0.29) is 11.9 Å². The fraction of sp³-hybridized carbons (Fsp3) is 0.462. The lowest BCUT2D eigenvalue weighted by molar-refractivity contribution is -0.118. The standard InChI is InChI=1S/C13H20N2O2/c1-10(14-7-8-15-11(2)16)12-5-4-6-13(9-12)17-3/h4-6,9-10,14H,7-8H2,1-3H3,(H,15,16)/t10-/m0/s1. The molecule has 2 N–H and O–H groups in total. The SMILES string of the molecule is COc1cccc([C@H](C)NCCNC(C)=O)c1. The van der Waals surface area contributed by atoms with Gasteiger partial charge in [0.25, 0.3) is 0 Å². The first-order chi connectivity index (χ1) is 8.13. The maximum Gasteiger partial charge on any atom is 0.216 e. The Kier molecular flexibility index (Phi) is 5.49. The van der Waals surface area contributed by atoms with Gasteiger partial charge in [-0.3, -0.25) is 4.79 Å². The number of rotatable bonds is 6. The molecule has 0 fully saturated rings. The van der Waals surface area contributed by atoms with Crippen molar-refractivity contribution in [2.75, 3.05) is 20.2 Å². The van der Waals surface area contributed by atoms with Crippen molar-refractivity contribution >= 4 is 5.91 Å². The van der Waals surface area contributed by atoms with Crippen LogP contribution in [0.15, 0.2) is 24.3 Å². The fourth-order valence-corrected chi connectivity index (χ4v) is 1.56. The zero-order chi connectivity index (χ0) is 12.7. The Hall–Kier alpha value is -1.55. The summed E-state index contributed by atoms with van der Waals surface area (Å²) in [5.74, 6) is 0.860. The van der Waals surface area contributed by atoms with E-state index >= 15 is 0 Å². The third-order valence-electron chi connectivity index (χ3n) is 2.54. The second-order valence-electron chi connectivity index (χ2n) is 3.94. The summed E-state index contributed by atoms with van der Waals surface area (Å²) in [6, 6.07) is 8.20. The van der Waals surface area contributed by atoms with Crippen LogP contribution < -0.4 is 15.4 Å². The molecule has 0 spiro atoms. The number of ether oxygens (including phenoxy) is 1. The minimum absolute atomic E-state index is 0.000772. The van der Waals surface area contributed by atoms with Crippen molar-refractivity contribution in [2.24, 2.45) is 0 Å². The fourth-order valence-electron chi connectivity index (χ4n) is 1.56. The topological polar surface area (TPSA) is 50.4 Å². The van der Waals surface area contributed by atoms with E-state index in [2.05, 4.69) is 23.6 Å². The highest BCUT2D eigenvalue weighted by atomic mass is 16.5. The maximum absolute atomic E-state index is 10.7. The maximum atomic E-state index is 10.7. The lowest BCUT2D eigenvalue weighted by Crippen LogP contribution is -2.31. The minimum atomic E-state index is 0.000772. The van der Waals surface area contributed by atoms with E-state index in [0.29, 0.717) is 6.54 Å². The first-order valence-corrected chi connectivity index (χ1v) is 5.75. The first kappa shape index (κ1) is 13.5. The molecule has 0 bridgehead atoms. The van der Waals surface area contributed by atoms with Gasteiger partial charge in [-0.15, -0.1) is 0 Å². The predicted octanol–water partition coefficient (Wildman–Crippen LogP) is 1.48. The third-order valence-corrected chi connectivity index (χ3v) is 2.54. The van der Waals surface area contributed by atoms with E-state index in [1.54, 1.807) is 7.11 Å². The molecule has 0 saturated carbocycles. The van der Waals surface area contributed by atoms with Gasteiger partial charge >= 0.3 is 0 Å². The minimum Gasteiger partial charge on any atom is -0.497 e. The van der Waals surface area contributed by atoms with Crippen molar-refractivity contribution in [1.82, 2.24) is 10.6 Å². The quantitative estimate of drug-likeness (QED) is 0.736. The Labute approximate surface area is 102 Å². The molecule has 1 rings (SSSR count). The molecule has 0 saturated heterocycles. The van der Waals surface area contributed by atoms with Crippen LogP contribution in [0.2, 0.25) is 0 Å². The van der Waals surface area contributed by atoms with Gasteiger partial charge in [0.05, 0.1) is 7.11 Å². The van der Waals surface area contributed by atoms with Crippen LogP contribution in [-0.2, 0) is 4.79 Å². The van der Waals surface area contributed by atoms with E-state index in [4.69, 9.17) is 4.74 Å². The molecule has 0 aliphatic rings. The highest BCUT2D eigenvalue weighted by Crippen LogP contribution is 2.18. The summed E-state index contributed by atoms with van der Waals surface area (Å²) in [7, 11) is 1.66. The summed E-state index contributed by atoms with van der Waals surface area (Å²) >= 11 is 0. The second-order valence-corrected chi connectivity index (χ2v) is 3.94. The number of methoxy groups -OCH3 is 1. The van der Waals surface area contributed by atoms with E-state index in [1.807, 2.05) is 18.2 Å². The summed E-state index contributed by atoms with van der Waals surface area (Å²) < 4.78 is 5.18. The van der Waals surface area contributed by atoms with E-state index in [9.17, 15) is 4.79 Å². The number of hydrogen-bond donors (Lipinski definition) is 2. The van der Waals surface area contributed by atoms with Crippen LogP contribution >= 0.6 is 0 Å². The molecule has 17 heavy (non-hydrogen) atoms. The van der Waals surface area contributed by atoms with Crippen molar-refractivity contribution in [3.8, 4) is 5.75 Å². The van der Waals surface area contributed by atoms with Crippen molar-refractivity contribution in [2.45, 2.75) is 19.9 Å². The van der Waals surface area contributed by atoms with Crippen molar-refractivity contribution in [1.29, 1.82) is 0 Å². The average Bonchev–Trinajstić information content (AvgIpc) is 2.34. The molecule has 1 atom stereocenters. The van der Waals surface area contributed by atoms with Gasteiger partial charge in [-0.05, 0) is 24.6 Å². The van der Waals surface area contributed by atoms with Gasteiger partial charge in [0.15, 0.2) is 0 Å². The molecule has 1 aromatic carbocycles. The Morgan fingerprint density at radius 3 is 2.82 bits per heavy atom. The predicted molar refractivity (Wildman–Crippen MR) is 68.1 cm³/mol. The number of benzene rings is 1. The van der Waals surface area contributed by atoms with Crippen LogP contribution in [0.4, 0.5) is 0 Å². The number of hydrogen-bond acceptors (Lipinski definition) is 3. The summed E-state index contributed by atoms with van der Waals surface area (Å²) in [5, 5.41) is 6.08. The van der Waals surface area contributed by atoms with Gasteiger partial charge in [-0.1, -0.05) is 12.1 Å². The molecular weight excluding hydrogens is 216 g/mol. The van der Waals surface area contributed by atoms with E-state index in [0.717, 1.165) is 12.3 Å². The number of nitrogens with one attached hydrogen (secondary N) is 2. The van der Waals surface area contributed by atoms with Crippen LogP contribution in [0.3, 0.4) is 0 Å². The van der Waals surface area contributed by atoms with Crippen LogP contribution in [0, 0.1) is 0 Å². The zero-order valence-electron chi connectivity index (χ0n) is 10.6. The van der Waals surface area contributed by atoms with Crippen LogP contribution in [0.5, 0.6) is 5.75 Å². The van der Waals surface area contributed by atoms with E-state index < -0.39 is 0 Å². The van der Waals surface area contributed by atoms with Gasteiger partial charge in [-0.25, -0.2) is 0 Å². The van der Waals surface area contributed by atoms with Crippen LogP contribution in [0.25, 0.3) is 0 Å². The Morgan fingerprint density at radius 1 is 1.41 bits per heavy atom. The smallest absolute Gasteiger partial charge is 0.216 e. The Bertz CT molecular complexity index is 366. The number of amides is 1. The molecule has 0 heterocycles. The molecule has 0 aliphatic heterocycles. The summed E-state index contributed by atoms with van der Waals surface area (Å²) in [5.41, 5.74) is 1.17. The lowest BCUT2D eigenvalue weighted by Gasteiger charge is -2.15. The Balaban J connectivity index is 2.40. The highest BCUT2D eigenvalue weighted by molar-refractivity contribution is 5.72. The van der Waals surface area contributed by atoms with E-state index in [1.165, 1.54) is 12.5 Å². The highest BCUT2D eigenvalue weighted by Gasteiger charge is 2.05. The van der Waals surface area contributed by atoms with Gasteiger partial charge in [0, 0.05) is 26.1 Å². The third kappa shape index (κ3) is 4.87. The molecule has 0 aliphatic carbocycles. The monoisotopic (exact) mass is 236 g/mol. The molecular formula is C13H20N2O2. The summed E-state index contributed by atoms with van der Waals surface area (Å²) in [6.45, 7) is 5.00. The van der Waals surface area contributed by atoms with Gasteiger partial charge < -0.3 is 15.4 Å².